The summed E-state index contributed by atoms with van der Waals surface area (Å²) < 4.78 is 0. The summed E-state index contributed by atoms with van der Waals surface area (Å²) in [7, 11) is 0. The third kappa shape index (κ3) is 2.95. The van der Waals surface area contributed by atoms with Crippen molar-refractivity contribution >= 4 is 28.8 Å². The second kappa shape index (κ2) is 6.15. The van der Waals surface area contributed by atoms with Crippen molar-refractivity contribution in [2.24, 2.45) is 11.7 Å². The lowest BCUT2D eigenvalue weighted by Crippen LogP contribution is -2.43. The molecule has 0 saturated heterocycles. The van der Waals surface area contributed by atoms with Crippen molar-refractivity contribution in [3.8, 4) is 0 Å². The summed E-state index contributed by atoms with van der Waals surface area (Å²) in [5, 5.41) is 0. The normalized spacial score (nSPS) is 15.7. The Hall–Kier alpha value is -1.42. The van der Waals surface area contributed by atoms with Gasteiger partial charge < -0.3 is 10.6 Å². The first-order valence-electron chi connectivity index (χ1n) is 6.83. The van der Waals surface area contributed by atoms with Crippen LogP contribution in [0, 0.1) is 5.92 Å². The van der Waals surface area contributed by atoms with Crippen molar-refractivity contribution in [2.45, 2.75) is 32.6 Å². The van der Waals surface area contributed by atoms with E-state index in [1.165, 1.54) is 5.56 Å². The Morgan fingerprint density at radius 1 is 1.47 bits per heavy atom. The van der Waals surface area contributed by atoms with Gasteiger partial charge in [-0.3, -0.25) is 4.79 Å². The summed E-state index contributed by atoms with van der Waals surface area (Å²) in [5.74, 6) is -0.271. The van der Waals surface area contributed by atoms with Crippen LogP contribution in [0.25, 0.3) is 0 Å². The number of rotatable bonds is 4. The zero-order valence-electron chi connectivity index (χ0n) is 11.3. The van der Waals surface area contributed by atoms with Gasteiger partial charge >= 0.3 is 0 Å². The predicted molar refractivity (Wildman–Crippen MR) is 82.3 cm³/mol. The third-order valence-corrected chi connectivity index (χ3v) is 3.88. The Labute approximate surface area is 119 Å². The molecule has 1 amide bonds. The van der Waals surface area contributed by atoms with Crippen molar-refractivity contribution in [3.05, 3.63) is 29.8 Å². The number of thiocarbonyl (C=S) groups is 1. The lowest BCUT2D eigenvalue weighted by molar-refractivity contribution is -0.120. The van der Waals surface area contributed by atoms with E-state index in [0.29, 0.717) is 4.99 Å². The monoisotopic (exact) mass is 276 g/mol. The number of nitrogens with two attached hydrogens (primary N) is 1. The molecule has 4 heteroatoms. The number of carbonyl (C=O) groups excluding carboxylic acids is 1. The van der Waals surface area contributed by atoms with Gasteiger partial charge in [0.25, 0.3) is 0 Å². The predicted octanol–water partition coefficient (Wildman–Crippen LogP) is 2.67. The number of benzene rings is 1. The van der Waals surface area contributed by atoms with Gasteiger partial charge in [0.05, 0.1) is 10.9 Å². The summed E-state index contributed by atoms with van der Waals surface area (Å²) in [4.78, 5) is 14.8. The SMILES string of the molecule is CCCC(C(=O)N1CCCc2ccccc21)C(N)=S. The van der Waals surface area contributed by atoms with Gasteiger partial charge in [-0.05, 0) is 30.9 Å². The van der Waals surface area contributed by atoms with E-state index in [1.807, 2.05) is 30.0 Å². The quantitative estimate of drug-likeness (QED) is 0.860. The lowest BCUT2D eigenvalue weighted by atomic mass is 9.97. The second-order valence-corrected chi connectivity index (χ2v) is 5.44. The van der Waals surface area contributed by atoms with Crippen LogP contribution in [0.1, 0.15) is 31.7 Å². The largest absolute Gasteiger partial charge is 0.393 e. The average molecular weight is 276 g/mol. The minimum atomic E-state index is -0.328. The van der Waals surface area contributed by atoms with Crippen molar-refractivity contribution in [2.75, 3.05) is 11.4 Å². The zero-order valence-corrected chi connectivity index (χ0v) is 12.1. The molecule has 1 aromatic rings. The highest BCUT2D eigenvalue weighted by atomic mass is 32.1. The van der Waals surface area contributed by atoms with Crippen LogP contribution in [-0.4, -0.2) is 17.4 Å². The topological polar surface area (TPSA) is 46.3 Å². The molecule has 0 fully saturated rings. The van der Waals surface area contributed by atoms with E-state index < -0.39 is 0 Å². The lowest BCUT2D eigenvalue weighted by Gasteiger charge is -2.32. The van der Waals surface area contributed by atoms with Gasteiger partial charge in [0.15, 0.2) is 0 Å². The summed E-state index contributed by atoms with van der Waals surface area (Å²) in [6.45, 7) is 2.81. The van der Waals surface area contributed by atoms with Crippen LogP contribution in [0.2, 0.25) is 0 Å². The van der Waals surface area contributed by atoms with Gasteiger partial charge in [0.2, 0.25) is 5.91 Å². The Bertz CT molecular complexity index is 487. The van der Waals surface area contributed by atoms with Crippen LogP contribution < -0.4 is 10.6 Å². The van der Waals surface area contributed by atoms with Gasteiger partial charge in [-0.25, -0.2) is 0 Å². The van der Waals surface area contributed by atoms with E-state index in [0.717, 1.165) is 37.9 Å². The molecular formula is C15H20N2OS. The fraction of sp³-hybridized carbons (Fsp3) is 0.467. The standard InChI is InChI=1S/C15H20N2OS/c1-2-6-12(14(16)19)15(18)17-10-5-8-11-7-3-4-9-13(11)17/h3-4,7,9,12H,2,5-6,8,10H2,1H3,(H2,16,19). The number of carbonyl (C=O) groups is 1. The number of fused-ring (bicyclic) bond motifs is 1. The maximum Gasteiger partial charge on any atom is 0.236 e. The van der Waals surface area contributed by atoms with E-state index in [2.05, 4.69) is 6.07 Å². The molecule has 0 bridgehead atoms. The molecule has 0 aliphatic carbocycles. The molecule has 0 spiro atoms. The van der Waals surface area contributed by atoms with Gasteiger partial charge in [0.1, 0.15) is 0 Å². The summed E-state index contributed by atoms with van der Waals surface area (Å²) in [6, 6.07) is 8.09. The Kier molecular flexibility index (Phi) is 4.53. The van der Waals surface area contributed by atoms with E-state index >= 15 is 0 Å². The van der Waals surface area contributed by atoms with E-state index in [9.17, 15) is 4.79 Å². The molecule has 1 aliphatic rings. The van der Waals surface area contributed by atoms with E-state index in [4.69, 9.17) is 18.0 Å². The fourth-order valence-corrected chi connectivity index (χ4v) is 2.85. The summed E-state index contributed by atoms with van der Waals surface area (Å²) in [5.41, 5.74) is 7.99. The van der Waals surface area contributed by atoms with E-state index in [-0.39, 0.29) is 11.8 Å². The smallest absolute Gasteiger partial charge is 0.236 e. The number of anilines is 1. The second-order valence-electron chi connectivity index (χ2n) is 4.97. The molecule has 1 aliphatic heterocycles. The molecule has 1 aromatic carbocycles. The highest BCUT2D eigenvalue weighted by molar-refractivity contribution is 7.80. The molecule has 1 atom stereocenters. The molecule has 0 radical (unpaired) electrons. The van der Waals surface area contributed by atoms with Crippen LogP contribution in [0.15, 0.2) is 24.3 Å². The van der Waals surface area contributed by atoms with Crippen molar-refractivity contribution in [1.82, 2.24) is 0 Å². The molecule has 1 heterocycles. The van der Waals surface area contributed by atoms with E-state index in [1.54, 1.807) is 0 Å². The molecule has 2 rings (SSSR count). The van der Waals surface area contributed by atoms with Crippen LogP contribution in [-0.2, 0) is 11.2 Å². The number of amides is 1. The van der Waals surface area contributed by atoms with Gasteiger partial charge in [0, 0.05) is 12.2 Å². The molecular weight excluding hydrogens is 256 g/mol. The maximum atomic E-state index is 12.7. The van der Waals surface area contributed by atoms with Crippen molar-refractivity contribution < 1.29 is 4.79 Å². The number of aryl methyl sites for hydroxylation is 1. The zero-order chi connectivity index (χ0) is 13.8. The number of hydrogen-bond donors (Lipinski definition) is 1. The van der Waals surface area contributed by atoms with Crippen LogP contribution >= 0.6 is 12.2 Å². The fourth-order valence-electron chi connectivity index (χ4n) is 2.63. The summed E-state index contributed by atoms with van der Waals surface area (Å²) in [6.07, 6.45) is 3.67. The van der Waals surface area contributed by atoms with Crippen LogP contribution in [0.5, 0.6) is 0 Å². The molecule has 3 nitrogen and oxygen atoms in total. The first kappa shape index (κ1) is 14.0. The number of para-hydroxylation sites is 1. The molecule has 102 valence electrons. The Morgan fingerprint density at radius 2 is 2.21 bits per heavy atom. The first-order valence-corrected chi connectivity index (χ1v) is 7.24. The minimum absolute atomic E-state index is 0.0569. The van der Waals surface area contributed by atoms with Crippen LogP contribution in [0.4, 0.5) is 5.69 Å². The Balaban J connectivity index is 2.27. The van der Waals surface area contributed by atoms with Crippen molar-refractivity contribution in [3.63, 3.8) is 0 Å². The molecule has 0 aromatic heterocycles. The van der Waals surface area contributed by atoms with Crippen LogP contribution in [0.3, 0.4) is 0 Å². The Morgan fingerprint density at radius 3 is 2.89 bits per heavy atom. The van der Waals surface area contributed by atoms with Crippen molar-refractivity contribution in [1.29, 1.82) is 0 Å². The van der Waals surface area contributed by atoms with Gasteiger partial charge in [-0.15, -0.1) is 0 Å². The maximum absolute atomic E-state index is 12.7. The average Bonchev–Trinajstić information content (AvgIpc) is 2.43. The minimum Gasteiger partial charge on any atom is -0.393 e. The molecule has 2 N–H and O–H groups in total. The first-order chi connectivity index (χ1) is 9.15. The number of hydrogen-bond acceptors (Lipinski definition) is 2. The highest BCUT2D eigenvalue weighted by Gasteiger charge is 2.29. The van der Waals surface area contributed by atoms with Gasteiger partial charge in [-0.2, -0.15) is 0 Å². The number of nitrogens with zero attached hydrogens (tertiary/aromatic N) is 1. The molecule has 1 unspecified atom stereocenters. The molecule has 0 saturated carbocycles. The van der Waals surface area contributed by atoms with Gasteiger partial charge in [-0.1, -0.05) is 43.8 Å². The highest BCUT2D eigenvalue weighted by Crippen LogP contribution is 2.28. The third-order valence-electron chi connectivity index (χ3n) is 3.60. The summed E-state index contributed by atoms with van der Waals surface area (Å²) >= 11 is 5.06. The molecule has 19 heavy (non-hydrogen) atoms.